The van der Waals surface area contributed by atoms with Crippen molar-refractivity contribution in [3.05, 3.63) is 29.8 Å². The molecule has 1 atom stereocenters. The lowest BCUT2D eigenvalue weighted by atomic mass is 10.1. The van der Waals surface area contributed by atoms with Crippen molar-refractivity contribution >= 4 is 12.0 Å². The van der Waals surface area contributed by atoms with Gasteiger partial charge in [0.15, 0.2) is 0 Å². The summed E-state index contributed by atoms with van der Waals surface area (Å²) < 4.78 is 5.04. The molecule has 1 aliphatic heterocycles. The van der Waals surface area contributed by atoms with Crippen molar-refractivity contribution in [1.29, 1.82) is 0 Å². The van der Waals surface area contributed by atoms with Gasteiger partial charge >= 0.3 is 6.09 Å². The summed E-state index contributed by atoms with van der Waals surface area (Å²) in [4.78, 5) is 24.3. The van der Waals surface area contributed by atoms with E-state index in [1.807, 2.05) is 0 Å². The molecule has 1 aromatic rings. The number of piperidine rings is 1. The van der Waals surface area contributed by atoms with Gasteiger partial charge < -0.3 is 20.1 Å². The summed E-state index contributed by atoms with van der Waals surface area (Å²) in [5.41, 5.74) is 0.540. The van der Waals surface area contributed by atoms with Crippen molar-refractivity contribution in [2.45, 2.75) is 18.9 Å². The van der Waals surface area contributed by atoms with Crippen LogP contribution in [0.3, 0.4) is 0 Å². The smallest absolute Gasteiger partial charge is 0.407 e. The van der Waals surface area contributed by atoms with E-state index in [-0.39, 0.29) is 11.9 Å². The number of nitrogens with one attached hydrogen (secondary N) is 1. The normalized spacial score (nSPS) is 18.4. The minimum absolute atomic E-state index is 0.130. The summed E-state index contributed by atoms with van der Waals surface area (Å²) >= 11 is 0. The molecule has 2 amide bonds. The Bertz CT molecular complexity index is 486. The zero-order chi connectivity index (χ0) is 14.5. The van der Waals surface area contributed by atoms with E-state index in [1.54, 1.807) is 31.4 Å². The summed E-state index contributed by atoms with van der Waals surface area (Å²) in [5, 5.41) is 11.8. The molecule has 0 aromatic heterocycles. The third kappa shape index (κ3) is 3.40. The van der Waals surface area contributed by atoms with E-state index in [0.29, 0.717) is 24.4 Å². The Kier molecular flexibility index (Phi) is 4.45. The van der Waals surface area contributed by atoms with E-state index in [2.05, 4.69) is 5.32 Å². The minimum Gasteiger partial charge on any atom is -0.497 e. The van der Waals surface area contributed by atoms with Crippen LogP contribution in [0.5, 0.6) is 5.75 Å². The van der Waals surface area contributed by atoms with Crippen LogP contribution in [0, 0.1) is 0 Å². The Morgan fingerprint density at radius 2 is 2.05 bits per heavy atom. The third-order valence-electron chi connectivity index (χ3n) is 3.38. The van der Waals surface area contributed by atoms with Crippen LogP contribution in [-0.4, -0.2) is 48.2 Å². The highest BCUT2D eigenvalue weighted by atomic mass is 16.5. The van der Waals surface area contributed by atoms with Gasteiger partial charge in [0, 0.05) is 24.7 Å². The molecule has 0 spiro atoms. The standard InChI is InChI=1S/C14H18N2O4/c1-20-12-6-4-10(5-7-12)13(17)15-11-3-2-8-16(9-11)14(18)19/h4-7,11H,2-3,8-9H2,1H3,(H,15,17)(H,18,19)/t11-/m1/s1. The first-order chi connectivity index (χ1) is 9.60. The van der Waals surface area contributed by atoms with E-state index < -0.39 is 6.09 Å². The summed E-state index contributed by atoms with van der Waals surface area (Å²) in [5.74, 6) is 0.501. The lowest BCUT2D eigenvalue weighted by Crippen LogP contribution is -2.49. The van der Waals surface area contributed by atoms with Crippen LogP contribution in [-0.2, 0) is 0 Å². The average Bonchev–Trinajstić information content (AvgIpc) is 2.47. The summed E-state index contributed by atoms with van der Waals surface area (Å²) in [6.45, 7) is 0.876. The van der Waals surface area contributed by atoms with Gasteiger partial charge in [-0.05, 0) is 37.1 Å². The number of carboxylic acid groups (broad SMARTS) is 1. The molecule has 1 aliphatic rings. The van der Waals surface area contributed by atoms with E-state index in [0.717, 1.165) is 12.8 Å². The van der Waals surface area contributed by atoms with Gasteiger partial charge in [0.1, 0.15) is 5.75 Å². The van der Waals surface area contributed by atoms with E-state index in [4.69, 9.17) is 9.84 Å². The van der Waals surface area contributed by atoms with Crippen molar-refractivity contribution in [2.24, 2.45) is 0 Å². The molecule has 1 aromatic carbocycles. The van der Waals surface area contributed by atoms with Crippen LogP contribution < -0.4 is 10.1 Å². The lowest BCUT2D eigenvalue weighted by molar-refractivity contribution is 0.0888. The van der Waals surface area contributed by atoms with Crippen molar-refractivity contribution in [3.8, 4) is 5.75 Å². The molecule has 6 heteroatoms. The van der Waals surface area contributed by atoms with Crippen LogP contribution in [0.4, 0.5) is 4.79 Å². The van der Waals surface area contributed by atoms with E-state index >= 15 is 0 Å². The third-order valence-corrected chi connectivity index (χ3v) is 3.38. The molecular weight excluding hydrogens is 260 g/mol. The van der Waals surface area contributed by atoms with Gasteiger partial charge in [-0.3, -0.25) is 4.79 Å². The molecule has 1 saturated heterocycles. The molecule has 2 N–H and O–H groups in total. The molecule has 0 unspecified atom stereocenters. The second-order valence-corrected chi connectivity index (χ2v) is 4.77. The monoisotopic (exact) mass is 278 g/mol. The fourth-order valence-corrected chi connectivity index (χ4v) is 2.28. The summed E-state index contributed by atoms with van der Waals surface area (Å²) in [6.07, 6.45) is 0.624. The maximum absolute atomic E-state index is 12.1. The highest BCUT2D eigenvalue weighted by Gasteiger charge is 2.24. The first-order valence-electron chi connectivity index (χ1n) is 6.53. The first-order valence-corrected chi connectivity index (χ1v) is 6.53. The number of carbonyl (C=O) groups is 2. The fourth-order valence-electron chi connectivity index (χ4n) is 2.28. The second kappa shape index (κ2) is 6.27. The number of amides is 2. The van der Waals surface area contributed by atoms with Crippen LogP contribution in [0.25, 0.3) is 0 Å². The maximum Gasteiger partial charge on any atom is 0.407 e. The summed E-state index contributed by atoms with van der Waals surface area (Å²) in [6, 6.07) is 6.69. The molecule has 0 radical (unpaired) electrons. The highest BCUT2D eigenvalue weighted by molar-refractivity contribution is 5.94. The van der Waals surface area contributed by atoms with Crippen molar-refractivity contribution in [3.63, 3.8) is 0 Å². The predicted molar refractivity (Wildman–Crippen MR) is 73.1 cm³/mol. The zero-order valence-electron chi connectivity index (χ0n) is 11.3. The van der Waals surface area contributed by atoms with Crippen LogP contribution in [0.15, 0.2) is 24.3 Å². The lowest BCUT2D eigenvalue weighted by Gasteiger charge is -2.31. The Morgan fingerprint density at radius 3 is 2.65 bits per heavy atom. The van der Waals surface area contributed by atoms with Crippen molar-refractivity contribution in [1.82, 2.24) is 10.2 Å². The van der Waals surface area contributed by atoms with Gasteiger partial charge in [-0.2, -0.15) is 0 Å². The van der Waals surface area contributed by atoms with Crippen molar-refractivity contribution < 1.29 is 19.4 Å². The minimum atomic E-state index is -0.937. The highest BCUT2D eigenvalue weighted by Crippen LogP contribution is 2.13. The van der Waals surface area contributed by atoms with Crippen LogP contribution in [0.1, 0.15) is 23.2 Å². The molecule has 6 nitrogen and oxygen atoms in total. The molecule has 2 rings (SSSR count). The van der Waals surface area contributed by atoms with Gasteiger partial charge in [0.2, 0.25) is 0 Å². The molecule has 1 fully saturated rings. The molecular formula is C14H18N2O4. The quantitative estimate of drug-likeness (QED) is 0.879. The molecule has 1 heterocycles. The number of benzene rings is 1. The Labute approximate surface area is 117 Å². The molecule has 20 heavy (non-hydrogen) atoms. The maximum atomic E-state index is 12.1. The number of methoxy groups -OCH3 is 1. The average molecular weight is 278 g/mol. The van der Waals surface area contributed by atoms with Crippen LogP contribution in [0.2, 0.25) is 0 Å². The molecule has 108 valence electrons. The number of nitrogens with zero attached hydrogens (tertiary/aromatic N) is 1. The number of ether oxygens (including phenoxy) is 1. The van der Waals surface area contributed by atoms with Crippen molar-refractivity contribution in [2.75, 3.05) is 20.2 Å². The Balaban J connectivity index is 1.94. The second-order valence-electron chi connectivity index (χ2n) is 4.77. The van der Waals surface area contributed by atoms with E-state index in [1.165, 1.54) is 4.90 Å². The molecule has 0 bridgehead atoms. The Morgan fingerprint density at radius 1 is 1.35 bits per heavy atom. The number of hydrogen-bond acceptors (Lipinski definition) is 3. The van der Waals surface area contributed by atoms with Gasteiger partial charge in [0.25, 0.3) is 5.91 Å². The number of rotatable bonds is 3. The SMILES string of the molecule is COc1ccc(C(=O)N[C@@H]2CCCN(C(=O)O)C2)cc1. The van der Waals surface area contributed by atoms with Gasteiger partial charge in [0.05, 0.1) is 7.11 Å². The Hall–Kier alpha value is -2.24. The fraction of sp³-hybridized carbons (Fsp3) is 0.429. The zero-order valence-corrected chi connectivity index (χ0v) is 11.3. The topological polar surface area (TPSA) is 78.9 Å². The number of hydrogen-bond donors (Lipinski definition) is 2. The van der Waals surface area contributed by atoms with Gasteiger partial charge in [-0.1, -0.05) is 0 Å². The van der Waals surface area contributed by atoms with Crippen LogP contribution >= 0.6 is 0 Å². The largest absolute Gasteiger partial charge is 0.497 e. The number of likely N-dealkylation sites (tertiary alicyclic amines) is 1. The van der Waals surface area contributed by atoms with Gasteiger partial charge in [-0.15, -0.1) is 0 Å². The predicted octanol–water partition coefficient (Wildman–Crippen LogP) is 1.57. The molecule has 0 aliphatic carbocycles. The first kappa shape index (κ1) is 14.2. The van der Waals surface area contributed by atoms with Gasteiger partial charge in [-0.25, -0.2) is 4.79 Å². The molecule has 0 saturated carbocycles. The van der Waals surface area contributed by atoms with E-state index in [9.17, 15) is 9.59 Å². The summed E-state index contributed by atoms with van der Waals surface area (Å²) in [7, 11) is 1.57. The number of carbonyl (C=O) groups excluding carboxylic acids is 1.